The minimum absolute atomic E-state index is 0.0347. The molecule has 2 heterocycles. The lowest BCUT2D eigenvalue weighted by molar-refractivity contribution is 0.0148. The van der Waals surface area contributed by atoms with Crippen LogP contribution in [-0.2, 0) is 4.74 Å². The first-order chi connectivity index (χ1) is 9.00. The molecule has 0 bridgehead atoms. The number of fused-ring (bicyclic) bond motifs is 1. The Balaban J connectivity index is 2.27. The smallest absolute Gasteiger partial charge is 0.209 e. The van der Waals surface area contributed by atoms with E-state index in [9.17, 15) is 14.4 Å². The molecule has 0 unspecified atom stereocenters. The summed E-state index contributed by atoms with van der Waals surface area (Å²) in [5.74, 6) is -0.643. The van der Waals surface area contributed by atoms with Gasteiger partial charge in [0.05, 0.1) is 17.8 Å². The number of Topliss-reactive ketones (excluding diaryl/α,β-unsaturated/α-hetero) is 2. The van der Waals surface area contributed by atoms with Gasteiger partial charge in [0.1, 0.15) is 5.69 Å². The van der Waals surface area contributed by atoms with E-state index in [0.29, 0.717) is 17.6 Å². The van der Waals surface area contributed by atoms with E-state index < -0.39 is 11.5 Å². The van der Waals surface area contributed by atoms with Gasteiger partial charge in [0, 0.05) is 29.8 Å². The minimum Gasteiger partial charge on any atom is -0.370 e. The molecule has 98 valence electrons. The van der Waals surface area contributed by atoms with Gasteiger partial charge >= 0.3 is 0 Å². The van der Waals surface area contributed by atoms with Crippen LogP contribution in [0.25, 0.3) is 0 Å². The number of ether oxygens (including phenoxy) is 1. The monoisotopic (exact) mass is 259 g/mol. The molecule has 5 heteroatoms. The minimum atomic E-state index is -0.424. The summed E-state index contributed by atoms with van der Waals surface area (Å²) in [7, 11) is 0. The Labute approximate surface area is 109 Å². The molecule has 2 atom stereocenters. The van der Waals surface area contributed by atoms with Gasteiger partial charge in [-0.05, 0) is 13.8 Å². The van der Waals surface area contributed by atoms with E-state index in [4.69, 9.17) is 4.74 Å². The van der Waals surface area contributed by atoms with Crippen molar-refractivity contribution < 1.29 is 14.3 Å². The van der Waals surface area contributed by atoms with Crippen molar-refractivity contribution in [2.75, 3.05) is 0 Å². The molecule has 0 saturated heterocycles. The van der Waals surface area contributed by atoms with Gasteiger partial charge in [-0.25, -0.2) is 0 Å². The first-order valence-electron chi connectivity index (χ1n) is 6.20. The number of ketones is 2. The van der Waals surface area contributed by atoms with Gasteiger partial charge in [-0.1, -0.05) is 0 Å². The summed E-state index contributed by atoms with van der Waals surface area (Å²) in [6.45, 7) is 3.60. The second-order valence-corrected chi connectivity index (χ2v) is 4.94. The number of carbonyl (C=O) groups is 2. The fourth-order valence-corrected chi connectivity index (χ4v) is 2.81. The molecule has 0 saturated carbocycles. The summed E-state index contributed by atoms with van der Waals surface area (Å²) >= 11 is 0. The summed E-state index contributed by atoms with van der Waals surface area (Å²) in [5, 5.41) is 0. The van der Waals surface area contributed by atoms with Crippen molar-refractivity contribution in [2.45, 2.75) is 32.5 Å². The van der Waals surface area contributed by atoms with Gasteiger partial charge < -0.3 is 9.72 Å². The molecule has 1 N–H and O–H groups in total. The highest BCUT2D eigenvalue weighted by atomic mass is 16.5. The third-order valence-corrected chi connectivity index (χ3v) is 3.59. The van der Waals surface area contributed by atoms with Crippen molar-refractivity contribution in [3.63, 3.8) is 0 Å². The third-order valence-electron chi connectivity index (χ3n) is 3.59. The summed E-state index contributed by atoms with van der Waals surface area (Å²) in [6, 6.07) is 1.27. The van der Waals surface area contributed by atoms with E-state index >= 15 is 0 Å². The molecule has 3 rings (SSSR count). The lowest BCUT2D eigenvalue weighted by Gasteiger charge is -2.32. The van der Waals surface area contributed by atoms with Crippen LogP contribution in [0.1, 0.15) is 41.1 Å². The Morgan fingerprint density at radius 2 is 1.95 bits per heavy atom. The highest BCUT2D eigenvalue weighted by Gasteiger charge is 2.40. The van der Waals surface area contributed by atoms with Crippen molar-refractivity contribution in [3.8, 4) is 0 Å². The third kappa shape index (κ3) is 1.62. The second-order valence-electron chi connectivity index (χ2n) is 4.94. The maximum Gasteiger partial charge on any atom is 0.209 e. The molecule has 1 aliphatic heterocycles. The predicted octanol–water partition coefficient (Wildman–Crippen LogP) is 1.25. The Bertz CT molecular complexity index is 683. The molecule has 0 amide bonds. The second kappa shape index (κ2) is 3.99. The molecule has 0 aromatic carbocycles. The van der Waals surface area contributed by atoms with Crippen LogP contribution < -0.4 is 5.43 Å². The highest BCUT2D eigenvalue weighted by Crippen LogP contribution is 2.33. The number of rotatable bonds is 0. The number of pyridine rings is 1. The van der Waals surface area contributed by atoms with Crippen molar-refractivity contribution >= 4 is 11.6 Å². The average Bonchev–Trinajstić information content (AvgIpc) is 2.35. The molecule has 5 nitrogen and oxygen atoms in total. The number of aromatic nitrogens is 1. The number of H-pyrrole nitrogens is 1. The largest absolute Gasteiger partial charge is 0.370 e. The van der Waals surface area contributed by atoms with Crippen molar-refractivity contribution in [3.05, 3.63) is 44.9 Å². The Kier molecular flexibility index (Phi) is 2.53. The first-order valence-corrected chi connectivity index (χ1v) is 6.20. The fourth-order valence-electron chi connectivity index (χ4n) is 2.81. The van der Waals surface area contributed by atoms with Crippen molar-refractivity contribution in [2.24, 2.45) is 0 Å². The van der Waals surface area contributed by atoms with E-state index in [1.165, 1.54) is 12.3 Å². The summed E-state index contributed by atoms with van der Waals surface area (Å²) in [6.07, 6.45) is 1.20. The molecule has 19 heavy (non-hydrogen) atoms. The molecule has 1 aromatic heterocycles. The number of carbonyl (C=O) groups excluding carboxylic acids is 2. The molecule has 2 aliphatic rings. The standard InChI is InChI=1S/C14H13NO4/c1-6-5-8-10(7(2)19-6)14(18)12-11(13(8)17)9(16)3-4-15-12/h3-4,6-7H,5H2,1-2H3,(H,15,16)/t6-,7+/m0/s1. The molecule has 1 aromatic rings. The quantitative estimate of drug-likeness (QED) is 0.760. The van der Waals surface area contributed by atoms with Crippen LogP contribution in [0.4, 0.5) is 0 Å². The van der Waals surface area contributed by atoms with Crippen LogP contribution >= 0.6 is 0 Å². The average molecular weight is 259 g/mol. The normalized spacial score (nSPS) is 26.2. The topological polar surface area (TPSA) is 76.2 Å². The van der Waals surface area contributed by atoms with Crippen LogP contribution in [0.2, 0.25) is 0 Å². The van der Waals surface area contributed by atoms with E-state index in [0.717, 1.165) is 0 Å². The summed E-state index contributed by atoms with van der Waals surface area (Å²) < 4.78 is 5.60. The molecule has 0 spiro atoms. The van der Waals surface area contributed by atoms with Crippen LogP contribution in [-0.4, -0.2) is 28.8 Å². The van der Waals surface area contributed by atoms with Gasteiger partial charge in [-0.15, -0.1) is 0 Å². The maximum absolute atomic E-state index is 12.4. The van der Waals surface area contributed by atoms with Crippen LogP contribution in [0.5, 0.6) is 0 Å². The number of hydrogen-bond acceptors (Lipinski definition) is 4. The zero-order valence-electron chi connectivity index (χ0n) is 10.6. The predicted molar refractivity (Wildman–Crippen MR) is 67.4 cm³/mol. The SMILES string of the molecule is C[C@H]1CC2=C(C(=O)c3[nH]ccc(=O)c3C2=O)[C@@H](C)O1. The van der Waals surface area contributed by atoms with Gasteiger partial charge in [-0.2, -0.15) is 0 Å². The zero-order valence-corrected chi connectivity index (χ0v) is 10.6. The number of hydrogen-bond donors (Lipinski definition) is 1. The van der Waals surface area contributed by atoms with Gasteiger partial charge in [0.2, 0.25) is 5.78 Å². The van der Waals surface area contributed by atoms with Crippen LogP contribution in [0, 0.1) is 0 Å². The van der Waals surface area contributed by atoms with Crippen molar-refractivity contribution in [1.29, 1.82) is 0 Å². The van der Waals surface area contributed by atoms with E-state index in [1.807, 2.05) is 6.92 Å². The van der Waals surface area contributed by atoms with E-state index in [-0.39, 0.29) is 28.9 Å². The molecular weight excluding hydrogens is 246 g/mol. The Morgan fingerprint density at radius 1 is 1.21 bits per heavy atom. The highest BCUT2D eigenvalue weighted by molar-refractivity contribution is 6.26. The summed E-state index contributed by atoms with van der Waals surface area (Å²) in [4.78, 5) is 39.4. The van der Waals surface area contributed by atoms with Gasteiger partial charge in [0.25, 0.3) is 0 Å². The number of nitrogens with one attached hydrogen (secondary N) is 1. The van der Waals surface area contributed by atoms with Crippen LogP contribution in [0.3, 0.4) is 0 Å². The van der Waals surface area contributed by atoms with Gasteiger partial charge in [0.15, 0.2) is 11.2 Å². The zero-order chi connectivity index (χ0) is 13.7. The fraction of sp³-hybridized carbons (Fsp3) is 0.357. The molecular formula is C14H13NO4. The lowest BCUT2D eigenvalue weighted by Crippen LogP contribution is -2.38. The summed E-state index contributed by atoms with van der Waals surface area (Å²) in [5.41, 5.74) is 0.456. The number of aromatic amines is 1. The van der Waals surface area contributed by atoms with Crippen LogP contribution in [0.15, 0.2) is 28.2 Å². The Morgan fingerprint density at radius 3 is 2.68 bits per heavy atom. The van der Waals surface area contributed by atoms with Gasteiger partial charge in [-0.3, -0.25) is 14.4 Å². The lowest BCUT2D eigenvalue weighted by atomic mass is 9.81. The maximum atomic E-state index is 12.4. The van der Waals surface area contributed by atoms with E-state index in [2.05, 4.69) is 4.98 Å². The first kappa shape index (κ1) is 12.0. The molecule has 0 fully saturated rings. The molecule has 1 aliphatic carbocycles. The van der Waals surface area contributed by atoms with Crippen molar-refractivity contribution in [1.82, 2.24) is 4.98 Å². The molecule has 0 radical (unpaired) electrons. The Hall–Kier alpha value is -2.01. The van der Waals surface area contributed by atoms with E-state index in [1.54, 1.807) is 6.92 Å².